The molecule has 43 heavy (non-hydrogen) atoms. The number of aromatic nitrogens is 7. The van der Waals surface area contributed by atoms with E-state index in [4.69, 9.17) is 24.2 Å². The van der Waals surface area contributed by atoms with Crippen molar-refractivity contribution in [2.45, 2.75) is 58.8 Å². The Morgan fingerprint density at radius 1 is 0.977 bits per heavy atom. The van der Waals surface area contributed by atoms with Crippen LogP contribution in [0.1, 0.15) is 62.0 Å². The minimum atomic E-state index is -0.695. The van der Waals surface area contributed by atoms with Crippen LogP contribution in [0.3, 0.4) is 0 Å². The highest BCUT2D eigenvalue weighted by molar-refractivity contribution is 5.81. The molecule has 0 saturated heterocycles. The zero-order chi connectivity index (χ0) is 30.2. The smallest absolute Gasteiger partial charge is 0.306 e. The Labute approximate surface area is 250 Å². The number of hydrogen-bond acceptors (Lipinski definition) is 9. The molecule has 0 fully saturated rings. The normalized spacial score (nSPS) is 11.5. The SMILES string of the molecule is CCCCc1nc2cc(CCC(=O)OCC)c(C(OC)OC)nc2n1Cc1ccc(-c2ccccc2)c(-c2nn[nH]n2)c1. The van der Waals surface area contributed by atoms with Crippen LogP contribution in [0.25, 0.3) is 33.7 Å². The van der Waals surface area contributed by atoms with Gasteiger partial charge in [0.25, 0.3) is 0 Å². The number of esters is 1. The molecule has 0 unspecified atom stereocenters. The Balaban J connectivity index is 1.60. The number of nitrogens with zero attached hydrogens (tertiary/aromatic N) is 6. The number of rotatable bonds is 14. The van der Waals surface area contributed by atoms with Crippen molar-refractivity contribution >= 4 is 17.1 Å². The summed E-state index contributed by atoms with van der Waals surface area (Å²) in [5.41, 5.74) is 6.96. The molecule has 11 heteroatoms. The maximum absolute atomic E-state index is 12.2. The number of tetrazole rings is 1. The molecule has 0 aliphatic carbocycles. The molecule has 0 amide bonds. The van der Waals surface area contributed by atoms with E-state index in [1.807, 2.05) is 24.3 Å². The molecule has 2 aromatic carbocycles. The predicted molar refractivity (Wildman–Crippen MR) is 162 cm³/mol. The molecule has 0 aliphatic rings. The van der Waals surface area contributed by atoms with Crippen molar-refractivity contribution in [3.63, 3.8) is 0 Å². The predicted octanol–water partition coefficient (Wildman–Crippen LogP) is 5.46. The number of H-pyrrole nitrogens is 1. The van der Waals surface area contributed by atoms with Gasteiger partial charge < -0.3 is 18.8 Å². The summed E-state index contributed by atoms with van der Waals surface area (Å²) in [7, 11) is 3.15. The van der Waals surface area contributed by atoms with Crippen LogP contribution in [-0.4, -0.2) is 62.0 Å². The quantitative estimate of drug-likeness (QED) is 0.134. The second-order valence-electron chi connectivity index (χ2n) is 10.2. The first-order chi connectivity index (χ1) is 21.1. The summed E-state index contributed by atoms with van der Waals surface area (Å²) >= 11 is 0. The van der Waals surface area contributed by atoms with E-state index in [1.165, 1.54) is 0 Å². The van der Waals surface area contributed by atoms with Crippen molar-refractivity contribution in [2.24, 2.45) is 0 Å². The molecule has 0 spiro atoms. The lowest BCUT2D eigenvalue weighted by molar-refractivity contribution is -0.143. The van der Waals surface area contributed by atoms with Crippen LogP contribution < -0.4 is 0 Å². The minimum absolute atomic E-state index is 0.226. The number of carbonyl (C=O) groups is 1. The molecule has 11 nitrogen and oxygen atoms in total. The topological polar surface area (TPSA) is 130 Å². The Hall–Kier alpha value is -4.48. The van der Waals surface area contributed by atoms with E-state index in [0.717, 1.165) is 64.1 Å². The van der Waals surface area contributed by atoms with Crippen molar-refractivity contribution in [3.8, 4) is 22.5 Å². The van der Waals surface area contributed by atoms with Crippen molar-refractivity contribution in [1.82, 2.24) is 35.2 Å². The third-order valence-corrected chi connectivity index (χ3v) is 7.32. The van der Waals surface area contributed by atoms with Crippen LogP contribution in [-0.2, 0) is 38.4 Å². The largest absolute Gasteiger partial charge is 0.466 e. The van der Waals surface area contributed by atoms with Gasteiger partial charge in [0.1, 0.15) is 17.0 Å². The van der Waals surface area contributed by atoms with Gasteiger partial charge in [0, 0.05) is 32.6 Å². The maximum Gasteiger partial charge on any atom is 0.306 e. The van der Waals surface area contributed by atoms with Gasteiger partial charge in [-0.1, -0.05) is 55.8 Å². The zero-order valence-corrected chi connectivity index (χ0v) is 25.0. The van der Waals surface area contributed by atoms with Crippen LogP contribution in [0.15, 0.2) is 54.6 Å². The Morgan fingerprint density at radius 3 is 2.49 bits per heavy atom. The Kier molecular flexibility index (Phi) is 9.85. The number of hydrogen-bond donors (Lipinski definition) is 1. The first-order valence-corrected chi connectivity index (χ1v) is 14.6. The van der Waals surface area contributed by atoms with E-state index >= 15 is 0 Å². The molecule has 0 aliphatic heterocycles. The molecule has 0 radical (unpaired) electrons. The van der Waals surface area contributed by atoms with Gasteiger partial charge in [-0.2, -0.15) is 5.21 Å². The second kappa shape index (κ2) is 14.1. The number of unbranched alkanes of at least 4 members (excludes halogenated alkanes) is 1. The minimum Gasteiger partial charge on any atom is -0.466 e. The Bertz CT molecular complexity index is 1650. The molecule has 0 atom stereocenters. The summed E-state index contributed by atoms with van der Waals surface area (Å²) in [6, 6.07) is 18.5. The number of benzene rings is 2. The van der Waals surface area contributed by atoms with Gasteiger partial charge in [-0.25, -0.2) is 9.97 Å². The summed E-state index contributed by atoms with van der Waals surface area (Å²) in [4.78, 5) is 22.3. The first-order valence-electron chi connectivity index (χ1n) is 14.6. The highest BCUT2D eigenvalue weighted by Crippen LogP contribution is 2.32. The van der Waals surface area contributed by atoms with Crippen molar-refractivity contribution in [3.05, 3.63) is 77.2 Å². The first kappa shape index (κ1) is 30.0. The fraction of sp³-hybridized carbons (Fsp3) is 0.375. The van der Waals surface area contributed by atoms with E-state index in [2.05, 4.69) is 62.4 Å². The molecule has 5 aromatic rings. The van der Waals surface area contributed by atoms with Crippen LogP contribution >= 0.6 is 0 Å². The molecule has 0 bridgehead atoms. The number of imidazole rings is 1. The summed E-state index contributed by atoms with van der Waals surface area (Å²) < 4.78 is 18.5. The molecule has 3 heterocycles. The third kappa shape index (κ3) is 6.79. The lowest BCUT2D eigenvalue weighted by atomic mass is 9.97. The van der Waals surface area contributed by atoms with Gasteiger partial charge in [0.05, 0.1) is 13.2 Å². The number of carbonyl (C=O) groups excluding carboxylic acids is 1. The summed E-state index contributed by atoms with van der Waals surface area (Å²) in [6.45, 7) is 4.84. The van der Waals surface area contributed by atoms with Crippen LogP contribution in [0.5, 0.6) is 0 Å². The monoisotopic (exact) mass is 583 g/mol. The van der Waals surface area contributed by atoms with Crippen LogP contribution in [0.2, 0.25) is 0 Å². The summed E-state index contributed by atoms with van der Waals surface area (Å²) in [5.74, 6) is 1.21. The van der Waals surface area contributed by atoms with Gasteiger partial charge in [-0.05, 0) is 59.4 Å². The van der Waals surface area contributed by atoms with E-state index in [9.17, 15) is 4.79 Å². The van der Waals surface area contributed by atoms with Crippen LogP contribution in [0, 0.1) is 0 Å². The van der Waals surface area contributed by atoms with Crippen molar-refractivity contribution in [1.29, 1.82) is 0 Å². The number of ether oxygens (including phenoxy) is 3. The molecule has 0 saturated carbocycles. The lowest BCUT2D eigenvalue weighted by Gasteiger charge is -2.17. The fourth-order valence-electron chi connectivity index (χ4n) is 5.24. The van der Waals surface area contributed by atoms with E-state index in [-0.39, 0.29) is 12.4 Å². The molecule has 3 aromatic heterocycles. The van der Waals surface area contributed by atoms with Gasteiger partial charge in [0.2, 0.25) is 12.1 Å². The number of nitrogens with one attached hydrogen (secondary N) is 1. The average molecular weight is 584 g/mol. The molecular formula is C32H37N7O4. The molecule has 1 N–H and O–H groups in total. The maximum atomic E-state index is 12.2. The standard InChI is InChI=1S/C32H37N7O4/c1-5-7-13-27-33-26-19-23(15-17-28(40)43-6-2)29(32(41-3)42-4)34-31(26)39(27)20-21-14-16-24(22-11-9-8-10-12-22)25(18-21)30-35-37-38-36-30/h8-12,14,16,18-19,32H,5-7,13,15,17,20H2,1-4H3,(H,35,36,37,38). The highest BCUT2D eigenvalue weighted by atomic mass is 16.7. The molecule has 224 valence electrons. The van der Waals surface area contributed by atoms with Crippen molar-refractivity contribution < 1.29 is 19.0 Å². The number of fused-ring (bicyclic) bond motifs is 1. The molecule has 5 rings (SSSR count). The number of aryl methyl sites for hydroxylation is 2. The number of aromatic amines is 1. The van der Waals surface area contributed by atoms with Gasteiger partial charge in [0.15, 0.2) is 5.65 Å². The van der Waals surface area contributed by atoms with Gasteiger partial charge in [-0.15, -0.1) is 10.2 Å². The second-order valence-corrected chi connectivity index (χ2v) is 10.2. The highest BCUT2D eigenvalue weighted by Gasteiger charge is 2.22. The average Bonchev–Trinajstić information content (AvgIpc) is 3.68. The van der Waals surface area contributed by atoms with Gasteiger partial charge in [-0.3, -0.25) is 4.79 Å². The summed E-state index contributed by atoms with van der Waals surface area (Å²) in [5, 5.41) is 14.9. The van der Waals surface area contributed by atoms with E-state index in [0.29, 0.717) is 31.1 Å². The number of pyridine rings is 1. The fourth-order valence-corrected chi connectivity index (χ4v) is 5.24. The van der Waals surface area contributed by atoms with E-state index < -0.39 is 6.29 Å². The molecular weight excluding hydrogens is 546 g/mol. The zero-order valence-electron chi connectivity index (χ0n) is 25.0. The lowest BCUT2D eigenvalue weighted by Crippen LogP contribution is -2.13. The van der Waals surface area contributed by atoms with Crippen molar-refractivity contribution in [2.75, 3.05) is 20.8 Å². The summed E-state index contributed by atoms with van der Waals surface area (Å²) in [6.07, 6.45) is 2.80. The van der Waals surface area contributed by atoms with E-state index in [1.54, 1.807) is 21.1 Å². The van der Waals surface area contributed by atoms with Crippen LogP contribution in [0.4, 0.5) is 0 Å². The Morgan fingerprint density at radius 2 is 1.79 bits per heavy atom. The third-order valence-electron chi connectivity index (χ3n) is 7.32. The van der Waals surface area contributed by atoms with Gasteiger partial charge >= 0.3 is 5.97 Å². The number of methoxy groups -OCH3 is 2.